The van der Waals surface area contributed by atoms with E-state index in [0.717, 1.165) is 17.9 Å². The number of halogens is 1. The van der Waals surface area contributed by atoms with Gasteiger partial charge in [-0.2, -0.15) is 0 Å². The van der Waals surface area contributed by atoms with Gasteiger partial charge in [-0.05, 0) is 13.0 Å². The van der Waals surface area contributed by atoms with Gasteiger partial charge in [-0.3, -0.25) is 4.79 Å². The lowest BCUT2D eigenvalue weighted by Gasteiger charge is -2.36. The maximum Gasteiger partial charge on any atom is 0.276 e. The Morgan fingerprint density at radius 2 is 2.22 bits per heavy atom. The Balaban J connectivity index is 0.00000192. The van der Waals surface area contributed by atoms with Crippen LogP contribution in [0.5, 0.6) is 5.75 Å². The zero-order valence-corrected chi connectivity index (χ0v) is 13.9. The number of rotatable bonds is 3. The highest BCUT2D eigenvalue weighted by Gasteiger charge is 2.32. The molecule has 0 aliphatic carbocycles. The van der Waals surface area contributed by atoms with Crippen LogP contribution in [0.15, 0.2) is 35.1 Å². The number of aryl methyl sites for hydroxylation is 1. The van der Waals surface area contributed by atoms with Gasteiger partial charge in [0, 0.05) is 25.2 Å². The van der Waals surface area contributed by atoms with E-state index in [4.69, 9.17) is 9.15 Å². The second-order valence-corrected chi connectivity index (χ2v) is 5.22. The number of para-hydroxylation sites is 1. The lowest BCUT2D eigenvalue weighted by atomic mass is 10.0. The van der Waals surface area contributed by atoms with E-state index in [2.05, 4.69) is 10.3 Å². The van der Waals surface area contributed by atoms with E-state index in [-0.39, 0.29) is 24.4 Å². The average Bonchev–Trinajstić information content (AvgIpc) is 3.00. The van der Waals surface area contributed by atoms with Crippen LogP contribution in [-0.4, -0.2) is 42.5 Å². The highest BCUT2D eigenvalue weighted by atomic mass is 35.5. The van der Waals surface area contributed by atoms with Crippen LogP contribution in [0.4, 0.5) is 0 Å². The first-order valence-corrected chi connectivity index (χ1v) is 7.27. The topological polar surface area (TPSA) is 67.6 Å². The molecule has 23 heavy (non-hydrogen) atoms. The smallest absolute Gasteiger partial charge is 0.276 e. The van der Waals surface area contributed by atoms with Gasteiger partial charge in [0.05, 0.1) is 13.2 Å². The number of methoxy groups -OCH3 is 1. The van der Waals surface area contributed by atoms with Crippen LogP contribution >= 0.6 is 12.4 Å². The molecule has 7 heteroatoms. The van der Waals surface area contributed by atoms with E-state index in [1.807, 2.05) is 29.2 Å². The maximum absolute atomic E-state index is 12.8. The monoisotopic (exact) mass is 337 g/mol. The fourth-order valence-corrected chi connectivity index (χ4v) is 2.81. The number of carbonyl (C=O) groups is 1. The molecule has 1 atom stereocenters. The van der Waals surface area contributed by atoms with Gasteiger partial charge in [-0.1, -0.05) is 18.2 Å². The standard InChI is InChI=1S/C16H19N3O3.ClH/c1-11-15(18-10-22-11)16(20)19-8-7-17-9-13(19)12-5-3-4-6-14(12)21-2;/h3-6,10,13,17H,7-9H2,1-2H3;1H. The number of piperazine rings is 1. The van der Waals surface area contributed by atoms with Crippen molar-refractivity contribution in [2.24, 2.45) is 0 Å². The zero-order chi connectivity index (χ0) is 15.5. The van der Waals surface area contributed by atoms with Crippen molar-refractivity contribution in [3.63, 3.8) is 0 Å². The molecule has 0 spiro atoms. The first-order valence-electron chi connectivity index (χ1n) is 7.27. The average molecular weight is 338 g/mol. The number of carbonyl (C=O) groups excluding carboxylic acids is 1. The van der Waals surface area contributed by atoms with Crippen LogP contribution in [0.2, 0.25) is 0 Å². The first-order chi connectivity index (χ1) is 10.7. The molecule has 0 saturated carbocycles. The van der Waals surface area contributed by atoms with E-state index >= 15 is 0 Å². The minimum Gasteiger partial charge on any atom is -0.496 e. The van der Waals surface area contributed by atoms with Gasteiger partial charge >= 0.3 is 0 Å². The third kappa shape index (κ3) is 3.33. The van der Waals surface area contributed by atoms with Crippen molar-refractivity contribution >= 4 is 18.3 Å². The second kappa shape index (κ2) is 7.48. The number of hydrogen-bond donors (Lipinski definition) is 1. The van der Waals surface area contributed by atoms with Crippen molar-refractivity contribution < 1.29 is 13.9 Å². The van der Waals surface area contributed by atoms with Crippen molar-refractivity contribution in [1.82, 2.24) is 15.2 Å². The molecule has 1 aliphatic rings. The Kier molecular flexibility index (Phi) is 5.63. The molecule has 2 aromatic rings. The van der Waals surface area contributed by atoms with Gasteiger partial charge < -0.3 is 19.4 Å². The lowest BCUT2D eigenvalue weighted by Crippen LogP contribution is -2.49. The molecule has 0 radical (unpaired) electrons. The molecular formula is C16H20ClN3O3. The Hall–Kier alpha value is -2.05. The molecule has 124 valence electrons. The van der Waals surface area contributed by atoms with Gasteiger partial charge in [0.1, 0.15) is 11.5 Å². The number of amides is 1. The van der Waals surface area contributed by atoms with Crippen LogP contribution in [0.1, 0.15) is 27.9 Å². The van der Waals surface area contributed by atoms with Crippen LogP contribution in [-0.2, 0) is 0 Å². The normalized spacial score (nSPS) is 17.5. The predicted molar refractivity (Wildman–Crippen MR) is 88.1 cm³/mol. The van der Waals surface area contributed by atoms with Crippen LogP contribution in [0, 0.1) is 6.92 Å². The molecule has 1 fully saturated rings. The Labute approximate surface area is 141 Å². The molecule has 1 aliphatic heterocycles. The SMILES string of the molecule is COc1ccccc1C1CNCCN1C(=O)c1ncoc1C.Cl. The van der Waals surface area contributed by atoms with E-state index in [1.54, 1.807) is 14.0 Å². The number of nitrogens with one attached hydrogen (secondary N) is 1. The molecular weight excluding hydrogens is 318 g/mol. The van der Waals surface area contributed by atoms with Crippen molar-refractivity contribution in [2.45, 2.75) is 13.0 Å². The molecule has 1 amide bonds. The molecule has 1 N–H and O–H groups in total. The van der Waals surface area contributed by atoms with Crippen molar-refractivity contribution in [3.8, 4) is 5.75 Å². The van der Waals surface area contributed by atoms with Crippen LogP contribution < -0.4 is 10.1 Å². The quantitative estimate of drug-likeness (QED) is 0.930. The molecule has 1 unspecified atom stereocenters. The van der Waals surface area contributed by atoms with Gasteiger partial charge in [0.15, 0.2) is 12.1 Å². The maximum atomic E-state index is 12.8. The van der Waals surface area contributed by atoms with Crippen molar-refractivity contribution in [2.75, 3.05) is 26.7 Å². The summed E-state index contributed by atoms with van der Waals surface area (Å²) in [6.45, 7) is 3.81. The fourth-order valence-electron chi connectivity index (χ4n) is 2.81. The summed E-state index contributed by atoms with van der Waals surface area (Å²) in [6, 6.07) is 7.69. The van der Waals surface area contributed by atoms with Gasteiger partial charge in [0.2, 0.25) is 0 Å². The lowest BCUT2D eigenvalue weighted by molar-refractivity contribution is 0.0624. The minimum absolute atomic E-state index is 0. The van der Waals surface area contributed by atoms with Gasteiger partial charge in [-0.15, -0.1) is 12.4 Å². The summed E-state index contributed by atoms with van der Waals surface area (Å²) in [5, 5.41) is 3.34. The number of nitrogens with zero attached hydrogens (tertiary/aromatic N) is 2. The number of hydrogen-bond acceptors (Lipinski definition) is 5. The zero-order valence-electron chi connectivity index (χ0n) is 13.1. The third-order valence-electron chi connectivity index (χ3n) is 3.95. The summed E-state index contributed by atoms with van der Waals surface area (Å²) in [6.07, 6.45) is 1.31. The number of benzene rings is 1. The molecule has 0 bridgehead atoms. The van der Waals surface area contributed by atoms with E-state index < -0.39 is 0 Å². The molecule has 1 saturated heterocycles. The van der Waals surface area contributed by atoms with Crippen molar-refractivity contribution in [1.29, 1.82) is 0 Å². The first kappa shape index (κ1) is 17.3. The summed E-state index contributed by atoms with van der Waals surface area (Å²) in [4.78, 5) is 18.7. The third-order valence-corrected chi connectivity index (χ3v) is 3.95. The molecule has 1 aromatic carbocycles. The van der Waals surface area contributed by atoms with E-state index in [0.29, 0.717) is 24.5 Å². The number of ether oxygens (including phenoxy) is 1. The van der Waals surface area contributed by atoms with E-state index in [9.17, 15) is 4.79 Å². The van der Waals surface area contributed by atoms with E-state index in [1.165, 1.54) is 6.39 Å². The molecule has 6 nitrogen and oxygen atoms in total. The van der Waals surface area contributed by atoms with Gasteiger partial charge in [0.25, 0.3) is 5.91 Å². The summed E-state index contributed by atoms with van der Waals surface area (Å²) in [5.74, 6) is 1.22. The Bertz CT molecular complexity index is 674. The summed E-state index contributed by atoms with van der Waals surface area (Å²) < 4.78 is 10.6. The Morgan fingerprint density at radius 1 is 1.43 bits per heavy atom. The van der Waals surface area contributed by atoms with Crippen molar-refractivity contribution in [3.05, 3.63) is 47.7 Å². The largest absolute Gasteiger partial charge is 0.496 e. The second-order valence-electron chi connectivity index (χ2n) is 5.22. The molecule has 1 aromatic heterocycles. The van der Waals surface area contributed by atoms with Crippen LogP contribution in [0.25, 0.3) is 0 Å². The molecule has 2 heterocycles. The van der Waals surface area contributed by atoms with Gasteiger partial charge in [-0.25, -0.2) is 4.98 Å². The van der Waals surface area contributed by atoms with Crippen LogP contribution in [0.3, 0.4) is 0 Å². The predicted octanol–water partition coefficient (Wildman–Crippen LogP) is 2.20. The minimum atomic E-state index is -0.108. The summed E-state index contributed by atoms with van der Waals surface area (Å²) >= 11 is 0. The molecule has 3 rings (SSSR count). The summed E-state index contributed by atoms with van der Waals surface area (Å²) in [7, 11) is 1.64. The highest BCUT2D eigenvalue weighted by molar-refractivity contribution is 5.93. The number of oxazole rings is 1. The number of aromatic nitrogens is 1. The highest BCUT2D eigenvalue weighted by Crippen LogP contribution is 2.31. The summed E-state index contributed by atoms with van der Waals surface area (Å²) in [5.41, 5.74) is 1.37. The fraction of sp³-hybridized carbons (Fsp3) is 0.375. The Morgan fingerprint density at radius 3 is 2.91 bits per heavy atom.